The molecule has 1 N–H and O–H groups in total. The quantitative estimate of drug-likeness (QED) is 0.901. The zero-order valence-corrected chi connectivity index (χ0v) is 13.1. The number of Topliss-reactive ketones (excluding diaryl/α,β-unsaturated/α-hetero) is 1. The van der Waals surface area contributed by atoms with Gasteiger partial charge in [0.2, 0.25) is 0 Å². The average molecular weight is 303 g/mol. The van der Waals surface area contributed by atoms with Crippen LogP contribution in [0.2, 0.25) is 0 Å². The van der Waals surface area contributed by atoms with E-state index in [1.807, 2.05) is 26.8 Å². The number of ketones is 1. The van der Waals surface area contributed by atoms with Gasteiger partial charge in [0.15, 0.2) is 5.60 Å². The Hall–Kier alpha value is -1.72. The number of hydrogen-bond donors (Lipinski definition) is 1. The van der Waals surface area contributed by atoms with E-state index < -0.39 is 23.0 Å². The van der Waals surface area contributed by atoms with Crippen LogP contribution in [0.15, 0.2) is 24.3 Å². The normalized spacial score (nSPS) is 30.5. The Kier molecular flexibility index (Phi) is 3.38. The molecule has 0 unspecified atom stereocenters. The van der Waals surface area contributed by atoms with Gasteiger partial charge in [0.05, 0.1) is 23.8 Å². The number of hydrogen-bond acceptors (Lipinski definition) is 4. The molecule has 1 aromatic rings. The van der Waals surface area contributed by atoms with E-state index in [9.17, 15) is 14.7 Å². The summed E-state index contributed by atoms with van der Waals surface area (Å²) in [5.41, 5.74) is -1.19. The van der Waals surface area contributed by atoms with Crippen molar-refractivity contribution in [3.05, 3.63) is 29.8 Å². The molecule has 0 aromatic heterocycles. The first kappa shape index (κ1) is 15.2. The van der Waals surface area contributed by atoms with Crippen molar-refractivity contribution in [2.24, 2.45) is 5.92 Å². The Balaban J connectivity index is 2.06. The number of likely N-dealkylation sites (N-methyl/N-ethyl adjacent to an activating group) is 1. The van der Waals surface area contributed by atoms with Gasteiger partial charge in [-0.2, -0.15) is 0 Å². The Bertz CT molecular complexity index is 639. The van der Waals surface area contributed by atoms with Crippen LogP contribution in [0.1, 0.15) is 32.8 Å². The number of anilines is 1. The van der Waals surface area contributed by atoms with Crippen molar-refractivity contribution < 1.29 is 19.4 Å². The minimum absolute atomic E-state index is 0.0555. The van der Waals surface area contributed by atoms with E-state index in [-0.39, 0.29) is 18.8 Å². The molecule has 1 saturated heterocycles. The molecule has 5 nitrogen and oxygen atoms in total. The summed E-state index contributed by atoms with van der Waals surface area (Å²) < 4.78 is 5.71. The van der Waals surface area contributed by atoms with Gasteiger partial charge < -0.3 is 14.7 Å². The first-order valence-electron chi connectivity index (χ1n) is 7.62. The third kappa shape index (κ3) is 2.00. The van der Waals surface area contributed by atoms with Gasteiger partial charge >= 0.3 is 0 Å². The first-order valence-corrected chi connectivity index (χ1v) is 7.62. The van der Waals surface area contributed by atoms with Crippen LogP contribution in [-0.4, -0.2) is 35.5 Å². The van der Waals surface area contributed by atoms with Gasteiger partial charge in [-0.25, -0.2) is 0 Å². The molecule has 0 radical (unpaired) electrons. The van der Waals surface area contributed by atoms with Gasteiger partial charge in [0.1, 0.15) is 5.78 Å². The molecule has 5 heteroatoms. The zero-order chi connectivity index (χ0) is 16.1. The molecule has 0 aliphatic carbocycles. The summed E-state index contributed by atoms with van der Waals surface area (Å²) in [5, 5.41) is 11.2. The molecule has 2 atom stereocenters. The first-order chi connectivity index (χ1) is 10.3. The van der Waals surface area contributed by atoms with Gasteiger partial charge in [0.25, 0.3) is 5.91 Å². The minimum atomic E-state index is -1.82. The predicted octanol–water partition coefficient (Wildman–Crippen LogP) is 1.62. The van der Waals surface area contributed by atoms with E-state index in [0.29, 0.717) is 17.8 Å². The van der Waals surface area contributed by atoms with Crippen LogP contribution in [0.4, 0.5) is 5.69 Å². The topological polar surface area (TPSA) is 66.8 Å². The molecule has 0 saturated carbocycles. The zero-order valence-electron chi connectivity index (χ0n) is 13.1. The number of para-hydroxylation sites is 1. The van der Waals surface area contributed by atoms with Crippen molar-refractivity contribution in [1.82, 2.24) is 0 Å². The number of benzene rings is 1. The fraction of sp³-hybridized carbons (Fsp3) is 0.529. The Morgan fingerprint density at radius 3 is 2.64 bits per heavy atom. The molecule has 2 aliphatic rings. The van der Waals surface area contributed by atoms with E-state index in [2.05, 4.69) is 0 Å². The minimum Gasteiger partial charge on any atom is -0.375 e. The summed E-state index contributed by atoms with van der Waals surface area (Å²) in [6, 6.07) is 7.11. The van der Waals surface area contributed by atoms with E-state index in [1.165, 1.54) is 4.90 Å². The Morgan fingerprint density at radius 2 is 2.00 bits per heavy atom. The number of amides is 1. The Morgan fingerprint density at radius 1 is 1.32 bits per heavy atom. The van der Waals surface area contributed by atoms with Crippen molar-refractivity contribution in [1.29, 1.82) is 0 Å². The molecule has 1 amide bonds. The van der Waals surface area contributed by atoms with Crippen LogP contribution >= 0.6 is 0 Å². The van der Waals surface area contributed by atoms with Gasteiger partial charge in [-0.3, -0.25) is 9.59 Å². The van der Waals surface area contributed by atoms with Crippen LogP contribution in [0.25, 0.3) is 0 Å². The highest BCUT2D eigenvalue weighted by atomic mass is 16.5. The second kappa shape index (κ2) is 4.89. The van der Waals surface area contributed by atoms with Crippen molar-refractivity contribution in [3.8, 4) is 0 Å². The van der Waals surface area contributed by atoms with Gasteiger partial charge in [-0.05, 0) is 26.8 Å². The fourth-order valence-electron chi connectivity index (χ4n) is 3.46. The molecule has 2 aliphatic heterocycles. The van der Waals surface area contributed by atoms with Crippen molar-refractivity contribution in [2.45, 2.75) is 38.4 Å². The molecule has 2 heterocycles. The summed E-state index contributed by atoms with van der Waals surface area (Å²) >= 11 is 0. The lowest BCUT2D eigenvalue weighted by Gasteiger charge is -2.39. The second-order valence-electron chi connectivity index (χ2n) is 6.60. The maximum Gasteiger partial charge on any atom is 0.264 e. The van der Waals surface area contributed by atoms with E-state index in [0.717, 1.165) is 0 Å². The SMILES string of the molecule is CCN1C(=O)[C@](O)([C@@H]2COC(C)(C)CC2=O)c2ccccc21. The highest BCUT2D eigenvalue weighted by molar-refractivity contribution is 6.09. The molecule has 118 valence electrons. The molecular formula is C17H21NO4. The van der Waals surface area contributed by atoms with Crippen molar-refractivity contribution in [3.63, 3.8) is 0 Å². The summed E-state index contributed by atoms with van der Waals surface area (Å²) in [6.45, 7) is 6.04. The molecular weight excluding hydrogens is 282 g/mol. The summed E-state index contributed by atoms with van der Waals surface area (Å²) in [5.74, 6) is -1.41. The van der Waals surface area contributed by atoms with Crippen LogP contribution < -0.4 is 4.90 Å². The number of carbonyl (C=O) groups is 2. The number of nitrogens with zero attached hydrogens (tertiary/aromatic N) is 1. The summed E-state index contributed by atoms with van der Waals surface area (Å²) in [7, 11) is 0. The van der Waals surface area contributed by atoms with E-state index in [1.54, 1.807) is 18.2 Å². The molecule has 1 fully saturated rings. The maximum absolute atomic E-state index is 12.8. The van der Waals surface area contributed by atoms with E-state index in [4.69, 9.17) is 4.74 Å². The standard InChI is InChI=1S/C17H21NO4/c1-4-18-13-8-6-5-7-11(13)17(21,15(18)20)12-10-22-16(2,3)9-14(12)19/h5-8,12,21H,4,9-10H2,1-3H3/t12-,17-/m1/s1. The largest absolute Gasteiger partial charge is 0.375 e. The molecule has 0 bridgehead atoms. The third-order valence-corrected chi connectivity index (χ3v) is 4.63. The number of fused-ring (bicyclic) bond motifs is 1. The monoisotopic (exact) mass is 303 g/mol. The number of carbonyl (C=O) groups excluding carboxylic acids is 2. The lowest BCUT2D eigenvalue weighted by molar-refractivity contribution is -0.172. The van der Waals surface area contributed by atoms with Crippen LogP contribution in [0.3, 0.4) is 0 Å². The lowest BCUT2D eigenvalue weighted by Crippen LogP contribution is -2.54. The average Bonchev–Trinajstić information content (AvgIpc) is 2.67. The van der Waals surface area contributed by atoms with Crippen LogP contribution in [0, 0.1) is 5.92 Å². The Labute approximate surface area is 129 Å². The fourth-order valence-corrected chi connectivity index (χ4v) is 3.46. The maximum atomic E-state index is 12.8. The summed E-state index contributed by atoms with van der Waals surface area (Å²) in [6.07, 6.45) is 0.196. The molecule has 22 heavy (non-hydrogen) atoms. The van der Waals surface area contributed by atoms with Gasteiger partial charge in [0, 0.05) is 18.5 Å². The second-order valence-corrected chi connectivity index (χ2v) is 6.60. The third-order valence-electron chi connectivity index (χ3n) is 4.63. The number of aliphatic hydroxyl groups is 1. The van der Waals surface area contributed by atoms with Crippen LogP contribution in [0.5, 0.6) is 0 Å². The number of ether oxygens (including phenoxy) is 1. The lowest BCUT2D eigenvalue weighted by atomic mass is 9.76. The highest BCUT2D eigenvalue weighted by Gasteiger charge is 2.58. The molecule has 3 rings (SSSR count). The van der Waals surface area contributed by atoms with Gasteiger partial charge in [-0.1, -0.05) is 18.2 Å². The smallest absolute Gasteiger partial charge is 0.264 e. The van der Waals surface area contributed by atoms with E-state index >= 15 is 0 Å². The van der Waals surface area contributed by atoms with Crippen molar-refractivity contribution in [2.75, 3.05) is 18.1 Å². The van der Waals surface area contributed by atoms with Crippen molar-refractivity contribution >= 4 is 17.4 Å². The van der Waals surface area contributed by atoms with Crippen LogP contribution in [-0.2, 0) is 19.9 Å². The molecule has 1 aromatic carbocycles. The predicted molar refractivity (Wildman–Crippen MR) is 81.5 cm³/mol. The highest BCUT2D eigenvalue weighted by Crippen LogP contribution is 2.46. The number of rotatable bonds is 2. The molecule has 0 spiro atoms. The van der Waals surface area contributed by atoms with Gasteiger partial charge in [-0.15, -0.1) is 0 Å². The summed E-state index contributed by atoms with van der Waals surface area (Å²) in [4.78, 5) is 26.9.